The van der Waals surface area contributed by atoms with Gasteiger partial charge in [-0.05, 0) is 50.7 Å². The van der Waals surface area contributed by atoms with Crippen LogP contribution in [0.5, 0.6) is 0 Å². The number of hydrogen-bond donors (Lipinski definition) is 0. The second kappa shape index (κ2) is 5.41. The van der Waals surface area contributed by atoms with Crippen LogP contribution in [0.15, 0.2) is 24.3 Å². The smallest absolute Gasteiger partial charge is 0.117 e. The van der Waals surface area contributed by atoms with Gasteiger partial charge in [0.1, 0.15) is 11.2 Å². The number of benzene rings is 1. The van der Waals surface area contributed by atoms with Gasteiger partial charge in [0.15, 0.2) is 0 Å². The second-order valence-corrected chi connectivity index (χ2v) is 6.58. The Kier molecular flexibility index (Phi) is 3.42. The summed E-state index contributed by atoms with van der Waals surface area (Å²) in [6.45, 7) is 2.43. The van der Waals surface area contributed by atoms with Crippen molar-refractivity contribution in [3.63, 3.8) is 0 Å². The molecule has 0 unspecified atom stereocenters. The molecule has 0 amide bonds. The van der Waals surface area contributed by atoms with E-state index in [2.05, 4.69) is 44.2 Å². The van der Waals surface area contributed by atoms with Crippen molar-refractivity contribution in [3.8, 4) is 0 Å². The van der Waals surface area contributed by atoms with Crippen molar-refractivity contribution < 1.29 is 0 Å². The van der Waals surface area contributed by atoms with Crippen molar-refractivity contribution in [2.75, 3.05) is 13.1 Å². The Morgan fingerprint density at radius 3 is 2.33 bits per heavy atom. The molecule has 4 heteroatoms. The third-order valence-electron chi connectivity index (χ3n) is 5.35. The van der Waals surface area contributed by atoms with Gasteiger partial charge in [-0.15, -0.1) is 5.10 Å². The topological polar surface area (TPSA) is 34.0 Å². The zero-order valence-corrected chi connectivity index (χ0v) is 12.7. The number of rotatable bonds is 2. The quantitative estimate of drug-likeness (QED) is 0.846. The average molecular weight is 284 g/mol. The van der Waals surface area contributed by atoms with Crippen LogP contribution in [-0.2, 0) is 5.66 Å². The van der Waals surface area contributed by atoms with Gasteiger partial charge < -0.3 is 0 Å². The molecule has 0 bridgehead atoms. The first-order valence-corrected chi connectivity index (χ1v) is 8.46. The third-order valence-corrected chi connectivity index (χ3v) is 5.35. The van der Waals surface area contributed by atoms with E-state index in [-0.39, 0.29) is 5.66 Å². The van der Waals surface area contributed by atoms with Crippen molar-refractivity contribution in [3.05, 3.63) is 24.3 Å². The molecule has 1 saturated heterocycles. The second-order valence-electron chi connectivity index (χ2n) is 6.58. The van der Waals surface area contributed by atoms with E-state index < -0.39 is 0 Å². The first-order chi connectivity index (χ1) is 10.4. The average Bonchev–Trinajstić information content (AvgIpc) is 3.08. The van der Waals surface area contributed by atoms with Crippen LogP contribution in [0.1, 0.15) is 51.4 Å². The molecule has 4 nitrogen and oxygen atoms in total. The highest BCUT2D eigenvalue weighted by Gasteiger charge is 2.43. The van der Waals surface area contributed by atoms with Crippen LogP contribution >= 0.6 is 0 Å². The summed E-state index contributed by atoms with van der Waals surface area (Å²) >= 11 is 0. The largest absolute Gasteiger partial charge is 0.279 e. The summed E-state index contributed by atoms with van der Waals surface area (Å²) < 4.78 is 2.25. The van der Waals surface area contributed by atoms with Crippen molar-refractivity contribution in [1.82, 2.24) is 19.9 Å². The molecule has 2 fully saturated rings. The Bertz CT molecular complexity index is 604. The lowest BCUT2D eigenvalue weighted by molar-refractivity contribution is 0.0162. The molecule has 2 aliphatic rings. The fraction of sp³-hybridized carbons (Fsp3) is 0.647. The molecule has 2 aromatic rings. The number of para-hydroxylation sites is 1. The van der Waals surface area contributed by atoms with Crippen LogP contribution in [0.3, 0.4) is 0 Å². The molecule has 112 valence electrons. The molecule has 0 atom stereocenters. The van der Waals surface area contributed by atoms with Gasteiger partial charge in [-0.1, -0.05) is 30.2 Å². The molecule has 0 radical (unpaired) electrons. The minimum Gasteiger partial charge on any atom is -0.279 e. The van der Waals surface area contributed by atoms with Crippen molar-refractivity contribution in [1.29, 1.82) is 0 Å². The number of likely N-dealkylation sites (tertiary alicyclic amines) is 1. The van der Waals surface area contributed by atoms with E-state index in [1.54, 1.807) is 0 Å². The van der Waals surface area contributed by atoms with Crippen molar-refractivity contribution in [2.24, 2.45) is 0 Å². The highest BCUT2D eigenvalue weighted by atomic mass is 15.5. The van der Waals surface area contributed by atoms with E-state index in [4.69, 9.17) is 0 Å². The fourth-order valence-electron chi connectivity index (χ4n) is 4.27. The van der Waals surface area contributed by atoms with Gasteiger partial charge in [-0.3, -0.25) is 4.90 Å². The zero-order valence-electron chi connectivity index (χ0n) is 12.7. The predicted molar refractivity (Wildman–Crippen MR) is 84.0 cm³/mol. The summed E-state index contributed by atoms with van der Waals surface area (Å²) in [5.41, 5.74) is 2.31. The van der Waals surface area contributed by atoms with Gasteiger partial charge in [-0.25, -0.2) is 4.68 Å². The van der Waals surface area contributed by atoms with Gasteiger partial charge in [0.25, 0.3) is 0 Å². The summed E-state index contributed by atoms with van der Waals surface area (Å²) in [5, 5.41) is 8.99. The Morgan fingerprint density at radius 1 is 0.857 bits per heavy atom. The summed E-state index contributed by atoms with van der Waals surface area (Å²) in [5.74, 6) is 0. The lowest BCUT2D eigenvalue weighted by Crippen LogP contribution is -2.49. The van der Waals surface area contributed by atoms with Crippen molar-refractivity contribution >= 4 is 11.0 Å². The van der Waals surface area contributed by atoms with Gasteiger partial charge in [0.2, 0.25) is 0 Å². The molecule has 1 saturated carbocycles. The maximum atomic E-state index is 4.58. The number of aromatic nitrogens is 3. The molecule has 2 heterocycles. The summed E-state index contributed by atoms with van der Waals surface area (Å²) in [6.07, 6.45) is 10.5. The SMILES string of the molecule is c1ccc2c(c1)nnn2C1(N2CCCCCC2)CCCC1. The molecular formula is C17H24N4. The molecule has 0 N–H and O–H groups in total. The van der Waals surface area contributed by atoms with Gasteiger partial charge in [0, 0.05) is 13.1 Å². The van der Waals surface area contributed by atoms with E-state index in [9.17, 15) is 0 Å². The fourth-order valence-corrected chi connectivity index (χ4v) is 4.27. The van der Waals surface area contributed by atoms with E-state index in [0.717, 1.165) is 5.52 Å². The molecule has 0 spiro atoms. The van der Waals surface area contributed by atoms with Gasteiger partial charge >= 0.3 is 0 Å². The first-order valence-electron chi connectivity index (χ1n) is 8.46. The zero-order chi connectivity index (χ0) is 14.1. The summed E-state index contributed by atoms with van der Waals surface area (Å²) in [7, 11) is 0. The highest BCUT2D eigenvalue weighted by Crippen LogP contribution is 2.41. The summed E-state index contributed by atoms with van der Waals surface area (Å²) in [4.78, 5) is 2.72. The molecular weight excluding hydrogens is 260 g/mol. The van der Waals surface area contributed by atoms with Crippen LogP contribution in [0, 0.1) is 0 Å². The standard InChI is InChI=1S/C17H24N4/c1-2-8-14-20(13-7-1)17(11-5-6-12-17)21-16-10-4-3-9-15(16)18-19-21/h3-4,9-10H,1-2,5-8,11-14H2. The van der Waals surface area contributed by atoms with E-state index >= 15 is 0 Å². The highest BCUT2D eigenvalue weighted by molar-refractivity contribution is 5.74. The third kappa shape index (κ3) is 2.16. The Morgan fingerprint density at radius 2 is 1.57 bits per heavy atom. The minimum absolute atomic E-state index is 0.0838. The van der Waals surface area contributed by atoms with Crippen LogP contribution in [0.2, 0.25) is 0 Å². The lowest BCUT2D eigenvalue weighted by Gasteiger charge is -2.41. The Labute approximate surface area is 126 Å². The first kappa shape index (κ1) is 13.3. The van der Waals surface area contributed by atoms with Crippen molar-refractivity contribution in [2.45, 2.75) is 57.0 Å². The lowest BCUT2D eigenvalue weighted by atomic mass is 10.1. The van der Waals surface area contributed by atoms with Gasteiger partial charge in [0.05, 0.1) is 5.52 Å². The van der Waals surface area contributed by atoms with E-state index in [1.807, 2.05) is 0 Å². The molecule has 1 aliphatic carbocycles. The Hall–Kier alpha value is -1.42. The maximum absolute atomic E-state index is 4.58. The molecule has 21 heavy (non-hydrogen) atoms. The molecule has 1 aromatic heterocycles. The van der Waals surface area contributed by atoms with E-state index in [1.165, 1.54) is 70.0 Å². The predicted octanol–water partition coefficient (Wildman–Crippen LogP) is 3.53. The number of hydrogen-bond acceptors (Lipinski definition) is 3. The van der Waals surface area contributed by atoms with Crippen LogP contribution in [0.25, 0.3) is 11.0 Å². The van der Waals surface area contributed by atoms with Crippen LogP contribution in [0.4, 0.5) is 0 Å². The normalized spacial score (nSPS) is 23.4. The van der Waals surface area contributed by atoms with Gasteiger partial charge in [-0.2, -0.15) is 0 Å². The number of fused-ring (bicyclic) bond motifs is 1. The van der Waals surface area contributed by atoms with Crippen LogP contribution in [-0.4, -0.2) is 33.0 Å². The molecule has 4 rings (SSSR count). The molecule has 1 aliphatic heterocycles. The summed E-state index contributed by atoms with van der Waals surface area (Å²) in [6, 6.07) is 8.40. The van der Waals surface area contributed by atoms with Crippen LogP contribution < -0.4 is 0 Å². The molecule has 1 aromatic carbocycles. The minimum atomic E-state index is 0.0838. The Balaban J connectivity index is 1.79. The maximum Gasteiger partial charge on any atom is 0.117 e. The monoisotopic (exact) mass is 284 g/mol. The number of nitrogens with zero attached hydrogens (tertiary/aromatic N) is 4. The van der Waals surface area contributed by atoms with E-state index in [0.29, 0.717) is 0 Å².